The summed E-state index contributed by atoms with van der Waals surface area (Å²) in [6, 6.07) is -0.708. The molecule has 0 aromatic carbocycles. The number of primary amides is 1. The molecule has 0 saturated carbocycles. The van der Waals surface area contributed by atoms with Crippen LogP contribution in [-0.4, -0.2) is 11.8 Å². The summed E-state index contributed by atoms with van der Waals surface area (Å²) in [6.07, 6.45) is 5.27. The molecule has 3 N–H and O–H groups in total. The molecule has 1 aliphatic rings. The molecule has 0 spiro atoms. The first-order chi connectivity index (χ1) is 5.20. The van der Waals surface area contributed by atoms with Crippen LogP contribution in [-0.2, 0) is 4.79 Å². The van der Waals surface area contributed by atoms with E-state index in [9.17, 15) is 9.59 Å². The topological polar surface area (TPSA) is 72.2 Å². The fraction of sp³-hybridized carbons (Fsp3) is 0.143. The lowest BCUT2D eigenvalue weighted by Crippen LogP contribution is -2.32. The molecule has 2 amide bonds. The van der Waals surface area contributed by atoms with Crippen molar-refractivity contribution in [3.05, 3.63) is 23.9 Å². The summed E-state index contributed by atoms with van der Waals surface area (Å²) in [5, 5.41) is 2.23. The van der Waals surface area contributed by atoms with Crippen molar-refractivity contribution in [2.45, 2.75) is 6.42 Å². The summed E-state index contributed by atoms with van der Waals surface area (Å²) >= 11 is 0. The molecule has 0 unspecified atom stereocenters. The second-order valence-electron chi connectivity index (χ2n) is 2.13. The van der Waals surface area contributed by atoms with Gasteiger partial charge in [-0.15, -0.1) is 0 Å². The van der Waals surface area contributed by atoms with Gasteiger partial charge in [-0.05, 0) is 6.08 Å². The Morgan fingerprint density at radius 3 is 2.91 bits per heavy atom. The predicted octanol–water partition coefficient (Wildman–Crippen LogP) is 0.0676. The van der Waals surface area contributed by atoms with E-state index in [4.69, 9.17) is 5.73 Å². The Balaban J connectivity index is 2.68. The van der Waals surface area contributed by atoms with Crippen LogP contribution in [0.5, 0.6) is 0 Å². The second-order valence-corrected chi connectivity index (χ2v) is 2.13. The van der Waals surface area contributed by atoms with Gasteiger partial charge in [0.25, 0.3) is 0 Å². The van der Waals surface area contributed by atoms with Gasteiger partial charge in [-0.1, -0.05) is 12.2 Å². The number of carbonyl (C=O) groups is 2. The molecule has 0 atom stereocenters. The van der Waals surface area contributed by atoms with Crippen LogP contribution in [0, 0.1) is 0 Å². The van der Waals surface area contributed by atoms with Gasteiger partial charge in [0.15, 0.2) is 5.78 Å². The van der Waals surface area contributed by atoms with Crippen LogP contribution in [0.25, 0.3) is 0 Å². The lowest BCUT2D eigenvalue weighted by atomic mass is 10.1. The molecule has 0 saturated heterocycles. The van der Waals surface area contributed by atoms with Crippen LogP contribution in [0.3, 0.4) is 0 Å². The molecular weight excluding hydrogens is 144 g/mol. The van der Waals surface area contributed by atoms with Crippen LogP contribution in [0.15, 0.2) is 23.9 Å². The standard InChI is InChI=1S/C7H8N2O2/c8-7(11)9-5-3-1-2-4-6(5)10/h1-3H,4H2,(H3,8,9,11). The summed E-state index contributed by atoms with van der Waals surface area (Å²) in [5.41, 5.74) is 5.08. The van der Waals surface area contributed by atoms with Gasteiger partial charge < -0.3 is 11.1 Å². The van der Waals surface area contributed by atoms with E-state index in [1.165, 1.54) is 6.08 Å². The van der Waals surface area contributed by atoms with E-state index >= 15 is 0 Å². The van der Waals surface area contributed by atoms with Crippen LogP contribution < -0.4 is 11.1 Å². The van der Waals surface area contributed by atoms with Crippen molar-refractivity contribution in [1.29, 1.82) is 0 Å². The fourth-order valence-corrected chi connectivity index (χ4v) is 0.786. The SMILES string of the molecule is NC(=O)NC1=CC=CCC1=O. The van der Waals surface area contributed by atoms with Crippen molar-refractivity contribution in [2.75, 3.05) is 0 Å². The highest BCUT2D eigenvalue weighted by atomic mass is 16.2. The maximum atomic E-state index is 10.9. The van der Waals surface area contributed by atoms with Gasteiger partial charge in [-0.25, -0.2) is 4.79 Å². The Hall–Kier alpha value is -1.58. The molecule has 11 heavy (non-hydrogen) atoms. The zero-order valence-electron chi connectivity index (χ0n) is 5.83. The minimum atomic E-state index is -0.708. The molecule has 4 nitrogen and oxygen atoms in total. The van der Waals surface area contributed by atoms with Gasteiger partial charge in [0, 0.05) is 6.42 Å². The molecule has 0 fully saturated rings. The Kier molecular flexibility index (Phi) is 2.06. The zero-order chi connectivity index (χ0) is 8.27. The van der Waals surface area contributed by atoms with Crippen LogP contribution in [0.2, 0.25) is 0 Å². The minimum absolute atomic E-state index is 0.119. The van der Waals surface area contributed by atoms with Crippen molar-refractivity contribution < 1.29 is 9.59 Å². The Morgan fingerprint density at radius 2 is 2.36 bits per heavy atom. The molecule has 0 aromatic heterocycles. The van der Waals surface area contributed by atoms with Gasteiger partial charge in [-0.2, -0.15) is 0 Å². The monoisotopic (exact) mass is 152 g/mol. The molecule has 1 aliphatic carbocycles. The molecule has 58 valence electrons. The number of Topliss-reactive ketones (excluding diaryl/α,β-unsaturated/α-hetero) is 1. The number of urea groups is 1. The molecule has 0 radical (unpaired) electrons. The van der Waals surface area contributed by atoms with Crippen LogP contribution in [0.4, 0.5) is 4.79 Å². The molecule has 0 heterocycles. The Bertz CT molecular complexity index is 253. The highest BCUT2D eigenvalue weighted by Crippen LogP contribution is 2.03. The lowest BCUT2D eigenvalue weighted by molar-refractivity contribution is -0.115. The van der Waals surface area contributed by atoms with Crippen LogP contribution >= 0.6 is 0 Å². The summed E-state index contributed by atoms with van der Waals surface area (Å²) in [5.74, 6) is -0.119. The van der Waals surface area contributed by atoms with E-state index < -0.39 is 6.03 Å². The van der Waals surface area contributed by atoms with E-state index in [0.717, 1.165) is 0 Å². The van der Waals surface area contributed by atoms with Gasteiger partial charge in [-0.3, -0.25) is 4.79 Å². The highest BCUT2D eigenvalue weighted by molar-refractivity contribution is 6.00. The third-order valence-corrected chi connectivity index (χ3v) is 1.26. The summed E-state index contributed by atoms with van der Waals surface area (Å²) in [6.45, 7) is 0. The normalized spacial score (nSPS) is 16.0. The Morgan fingerprint density at radius 1 is 1.64 bits per heavy atom. The highest BCUT2D eigenvalue weighted by Gasteiger charge is 2.10. The fourth-order valence-electron chi connectivity index (χ4n) is 0.786. The summed E-state index contributed by atoms with van der Waals surface area (Å²) in [4.78, 5) is 21.2. The number of ketones is 1. The largest absolute Gasteiger partial charge is 0.351 e. The number of nitrogens with one attached hydrogen (secondary N) is 1. The van der Waals surface area contributed by atoms with E-state index in [-0.39, 0.29) is 11.5 Å². The number of nitrogens with two attached hydrogens (primary N) is 1. The van der Waals surface area contributed by atoms with Gasteiger partial charge in [0.2, 0.25) is 0 Å². The molecule has 4 heteroatoms. The number of amides is 2. The smallest absolute Gasteiger partial charge is 0.316 e. The Labute approximate surface area is 63.8 Å². The molecule has 0 aromatic rings. The van der Waals surface area contributed by atoms with Crippen molar-refractivity contribution >= 4 is 11.8 Å². The van der Waals surface area contributed by atoms with Crippen molar-refractivity contribution in [2.24, 2.45) is 5.73 Å². The predicted molar refractivity (Wildman–Crippen MR) is 39.6 cm³/mol. The number of hydrogen-bond acceptors (Lipinski definition) is 2. The van der Waals surface area contributed by atoms with Crippen molar-refractivity contribution in [3.63, 3.8) is 0 Å². The maximum absolute atomic E-state index is 10.9. The van der Waals surface area contributed by atoms with Crippen LogP contribution in [0.1, 0.15) is 6.42 Å². The number of allylic oxidation sites excluding steroid dienone is 4. The molecule has 1 rings (SSSR count). The minimum Gasteiger partial charge on any atom is -0.351 e. The van der Waals surface area contributed by atoms with Crippen molar-refractivity contribution in [3.8, 4) is 0 Å². The quantitative estimate of drug-likeness (QED) is 0.558. The van der Waals surface area contributed by atoms with Gasteiger partial charge in [0.05, 0.1) is 5.70 Å². The molecule has 0 bridgehead atoms. The number of hydrogen-bond donors (Lipinski definition) is 2. The molecular formula is C7H8N2O2. The van der Waals surface area contributed by atoms with E-state index in [0.29, 0.717) is 6.42 Å². The zero-order valence-corrected chi connectivity index (χ0v) is 5.83. The first kappa shape index (κ1) is 7.53. The third-order valence-electron chi connectivity index (χ3n) is 1.26. The first-order valence-electron chi connectivity index (χ1n) is 3.16. The second kappa shape index (κ2) is 3.01. The van der Waals surface area contributed by atoms with E-state index in [2.05, 4.69) is 5.32 Å². The van der Waals surface area contributed by atoms with Gasteiger partial charge in [0.1, 0.15) is 0 Å². The third kappa shape index (κ3) is 1.93. The van der Waals surface area contributed by atoms with Crippen molar-refractivity contribution in [1.82, 2.24) is 5.32 Å². The van der Waals surface area contributed by atoms with E-state index in [1.807, 2.05) is 0 Å². The number of rotatable bonds is 1. The maximum Gasteiger partial charge on any atom is 0.316 e. The summed E-state index contributed by atoms with van der Waals surface area (Å²) in [7, 11) is 0. The summed E-state index contributed by atoms with van der Waals surface area (Å²) < 4.78 is 0. The molecule has 0 aliphatic heterocycles. The number of carbonyl (C=O) groups excluding carboxylic acids is 2. The average Bonchev–Trinajstić information content (AvgIpc) is 1.93. The van der Waals surface area contributed by atoms with E-state index in [1.54, 1.807) is 12.2 Å². The average molecular weight is 152 g/mol. The van der Waals surface area contributed by atoms with Gasteiger partial charge >= 0.3 is 6.03 Å². The lowest BCUT2D eigenvalue weighted by Gasteiger charge is -2.06. The first-order valence-corrected chi connectivity index (χ1v) is 3.16.